The molecular formula is C23H27FN4O3. The summed E-state index contributed by atoms with van der Waals surface area (Å²) < 4.78 is 13.4. The van der Waals surface area contributed by atoms with Gasteiger partial charge < -0.3 is 20.4 Å². The molecule has 1 aromatic carbocycles. The lowest BCUT2D eigenvalue weighted by Gasteiger charge is -2.29. The van der Waals surface area contributed by atoms with Gasteiger partial charge in [-0.3, -0.25) is 4.79 Å². The van der Waals surface area contributed by atoms with Gasteiger partial charge in [-0.25, -0.2) is 14.4 Å². The summed E-state index contributed by atoms with van der Waals surface area (Å²) in [7, 11) is 2.12. The number of piperidine rings is 1. The predicted octanol–water partition coefficient (Wildman–Crippen LogP) is 2.00. The van der Waals surface area contributed by atoms with E-state index in [0.29, 0.717) is 33.4 Å². The number of aliphatic carboxylic acids is 1. The van der Waals surface area contributed by atoms with E-state index in [0.717, 1.165) is 38.7 Å². The zero-order chi connectivity index (χ0) is 22.2. The van der Waals surface area contributed by atoms with Crippen LogP contribution in [0.4, 0.5) is 10.2 Å². The smallest absolute Gasteiger partial charge is 0.307 e. The van der Waals surface area contributed by atoms with Crippen molar-refractivity contribution >= 4 is 29.7 Å². The second kappa shape index (κ2) is 10.7. The maximum atomic E-state index is 13.4. The number of anilines is 1. The number of likely N-dealkylation sites (tertiary alicyclic amines) is 1. The van der Waals surface area contributed by atoms with Crippen LogP contribution in [0.5, 0.6) is 0 Å². The molecule has 2 aromatic rings. The monoisotopic (exact) mass is 426 g/mol. The van der Waals surface area contributed by atoms with E-state index in [-0.39, 0.29) is 12.2 Å². The van der Waals surface area contributed by atoms with E-state index in [2.05, 4.69) is 27.2 Å². The molecule has 0 bridgehead atoms. The van der Waals surface area contributed by atoms with Gasteiger partial charge in [-0.2, -0.15) is 0 Å². The predicted molar refractivity (Wildman–Crippen MR) is 118 cm³/mol. The number of aliphatic hydroxyl groups excluding tert-OH is 1. The molecule has 164 valence electrons. The van der Waals surface area contributed by atoms with Gasteiger partial charge in [0.2, 0.25) is 0 Å². The van der Waals surface area contributed by atoms with Crippen molar-refractivity contribution in [2.75, 3.05) is 32.0 Å². The first-order chi connectivity index (χ1) is 15.0. The van der Waals surface area contributed by atoms with E-state index >= 15 is 0 Å². The zero-order valence-electron chi connectivity index (χ0n) is 17.5. The summed E-state index contributed by atoms with van der Waals surface area (Å²) in [4.78, 5) is 21.9. The molecule has 0 amide bonds. The van der Waals surface area contributed by atoms with Crippen LogP contribution in [0.1, 0.15) is 24.8 Å². The topological polar surface area (TPSA) is 98.6 Å². The Morgan fingerprint density at radius 2 is 1.97 bits per heavy atom. The molecule has 0 aliphatic carbocycles. The van der Waals surface area contributed by atoms with Crippen molar-refractivity contribution < 1.29 is 19.4 Å². The molecule has 1 aromatic heterocycles. The number of allylic oxidation sites excluding steroid dienone is 1. The Balaban J connectivity index is 1.97. The van der Waals surface area contributed by atoms with E-state index in [1.165, 1.54) is 18.5 Å². The zero-order valence-corrected chi connectivity index (χ0v) is 17.5. The van der Waals surface area contributed by atoms with Gasteiger partial charge in [0.15, 0.2) is 0 Å². The molecule has 0 spiro atoms. The van der Waals surface area contributed by atoms with Gasteiger partial charge in [0.25, 0.3) is 0 Å². The average molecular weight is 426 g/mol. The number of aliphatic hydroxyl groups is 1. The van der Waals surface area contributed by atoms with E-state index in [1.54, 1.807) is 24.3 Å². The maximum absolute atomic E-state index is 13.4. The lowest BCUT2D eigenvalue weighted by molar-refractivity contribution is -0.135. The number of nitrogens with one attached hydrogen (secondary N) is 1. The highest BCUT2D eigenvalue weighted by Gasteiger charge is 2.16. The molecule has 0 radical (unpaired) electrons. The first-order valence-corrected chi connectivity index (χ1v) is 10.2. The standard InChI is InChI=1S/C23H27FN4O3/c1-28-10-8-16(9-11-28)13-25-23-20(21(14-29)26-15-27-23)12-18(4-7-22(30)31)17-2-5-19(24)6-3-17/h2-6,12,14-16,29H,7-11,13H2,1H3,(H,30,31)(H,25,26,27)/b18-4+,20-12+,21-14-. The van der Waals surface area contributed by atoms with E-state index in [9.17, 15) is 14.3 Å². The number of rotatable bonds is 7. The molecule has 8 heteroatoms. The van der Waals surface area contributed by atoms with Crippen molar-refractivity contribution in [2.24, 2.45) is 5.92 Å². The summed E-state index contributed by atoms with van der Waals surface area (Å²) in [6, 6.07) is 5.80. The van der Waals surface area contributed by atoms with Gasteiger partial charge in [-0.15, -0.1) is 0 Å². The Bertz CT molecular complexity index is 1050. The fourth-order valence-electron chi connectivity index (χ4n) is 3.56. The van der Waals surface area contributed by atoms with Crippen LogP contribution in [0.25, 0.3) is 17.9 Å². The molecule has 3 N–H and O–H groups in total. The number of halogens is 1. The van der Waals surface area contributed by atoms with Crippen molar-refractivity contribution in [2.45, 2.75) is 19.3 Å². The number of carbonyl (C=O) groups is 1. The van der Waals surface area contributed by atoms with E-state index in [1.807, 2.05) is 0 Å². The number of aromatic nitrogens is 2. The average Bonchev–Trinajstić information content (AvgIpc) is 2.77. The normalized spacial score (nSPS) is 17.2. The highest BCUT2D eigenvalue weighted by molar-refractivity contribution is 5.90. The number of hydrogen-bond acceptors (Lipinski definition) is 6. The molecule has 1 aliphatic rings. The maximum Gasteiger partial charge on any atom is 0.307 e. The van der Waals surface area contributed by atoms with Crippen LogP contribution >= 0.6 is 0 Å². The summed E-state index contributed by atoms with van der Waals surface area (Å²) in [6.07, 6.45) is 7.51. The second-order valence-corrected chi connectivity index (χ2v) is 7.69. The summed E-state index contributed by atoms with van der Waals surface area (Å²) >= 11 is 0. The van der Waals surface area contributed by atoms with Crippen molar-refractivity contribution in [1.29, 1.82) is 0 Å². The van der Waals surface area contributed by atoms with Crippen LogP contribution in [0.15, 0.2) is 36.7 Å². The van der Waals surface area contributed by atoms with Crippen LogP contribution in [0.3, 0.4) is 0 Å². The molecule has 1 saturated heterocycles. The number of carboxylic acids is 1. The Labute approximate surface area is 180 Å². The highest BCUT2D eigenvalue weighted by atomic mass is 19.1. The number of nitrogens with zero attached hydrogens (tertiary/aromatic N) is 3. The molecule has 1 aliphatic heterocycles. The van der Waals surface area contributed by atoms with Crippen LogP contribution in [-0.4, -0.2) is 57.7 Å². The van der Waals surface area contributed by atoms with Crippen molar-refractivity contribution in [3.63, 3.8) is 0 Å². The van der Waals surface area contributed by atoms with Crippen LogP contribution < -0.4 is 15.9 Å². The lowest BCUT2D eigenvalue weighted by Crippen LogP contribution is -2.36. The molecular weight excluding hydrogens is 399 g/mol. The highest BCUT2D eigenvalue weighted by Crippen LogP contribution is 2.18. The second-order valence-electron chi connectivity index (χ2n) is 7.69. The van der Waals surface area contributed by atoms with Crippen molar-refractivity contribution in [3.8, 4) is 0 Å². The number of benzene rings is 1. The summed E-state index contributed by atoms with van der Waals surface area (Å²) in [5.74, 6) is -0.293. The number of carboxylic acid groups (broad SMARTS) is 1. The Morgan fingerprint density at radius 3 is 2.61 bits per heavy atom. The largest absolute Gasteiger partial charge is 0.513 e. The molecule has 2 heterocycles. The molecule has 0 unspecified atom stereocenters. The Hall–Kier alpha value is -3.26. The Morgan fingerprint density at radius 1 is 1.26 bits per heavy atom. The summed E-state index contributed by atoms with van der Waals surface area (Å²) in [5, 5.41) is 23.0. The van der Waals surface area contributed by atoms with Gasteiger partial charge in [0, 0.05) is 11.8 Å². The molecule has 7 nitrogen and oxygen atoms in total. The SMILES string of the molecule is CN1CCC(CNc2ncnc(=C\O)/c2=C\C(=C/CC(=O)O)c2ccc(F)cc2)CC1. The minimum absolute atomic E-state index is 0.201. The first kappa shape index (κ1) is 22.4. The number of hydrogen-bond donors (Lipinski definition) is 3. The van der Waals surface area contributed by atoms with Gasteiger partial charge in [0.05, 0.1) is 6.42 Å². The van der Waals surface area contributed by atoms with Crippen LogP contribution in [-0.2, 0) is 4.79 Å². The van der Waals surface area contributed by atoms with Gasteiger partial charge in [-0.1, -0.05) is 18.2 Å². The Kier molecular flexibility index (Phi) is 7.72. The fourth-order valence-corrected chi connectivity index (χ4v) is 3.56. The van der Waals surface area contributed by atoms with Gasteiger partial charge in [-0.05, 0) is 68.2 Å². The molecule has 1 fully saturated rings. The molecule has 31 heavy (non-hydrogen) atoms. The minimum Gasteiger partial charge on any atom is -0.513 e. The van der Waals surface area contributed by atoms with E-state index in [4.69, 9.17) is 5.11 Å². The third kappa shape index (κ3) is 6.36. The summed E-state index contributed by atoms with van der Waals surface area (Å²) in [5.41, 5.74) is 1.22. The third-order valence-corrected chi connectivity index (χ3v) is 5.41. The molecule has 3 rings (SSSR count). The molecule has 0 saturated carbocycles. The quantitative estimate of drug-likeness (QED) is 0.623. The van der Waals surface area contributed by atoms with Gasteiger partial charge >= 0.3 is 5.97 Å². The summed E-state index contributed by atoms with van der Waals surface area (Å²) in [6.45, 7) is 2.84. The van der Waals surface area contributed by atoms with Crippen molar-refractivity contribution in [1.82, 2.24) is 14.9 Å². The van der Waals surface area contributed by atoms with Gasteiger partial charge in [0.1, 0.15) is 29.6 Å². The minimum atomic E-state index is -0.980. The van der Waals surface area contributed by atoms with Crippen molar-refractivity contribution in [3.05, 3.63) is 58.6 Å². The van der Waals surface area contributed by atoms with Crippen LogP contribution in [0, 0.1) is 11.7 Å². The van der Waals surface area contributed by atoms with E-state index < -0.39 is 5.97 Å². The molecule has 0 atom stereocenters. The van der Waals surface area contributed by atoms with Crippen LogP contribution in [0.2, 0.25) is 0 Å². The third-order valence-electron chi connectivity index (χ3n) is 5.41. The first-order valence-electron chi connectivity index (χ1n) is 10.2. The fraction of sp³-hybridized carbons (Fsp3) is 0.348. The lowest BCUT2D eigenvalue weighted by atomic mass is 9.97.